The summed E-state index contributed by atoms with van der Waals surface area (Å²) in [4.78, 5) is 41.6. The summed E-state index contributed by atoms with van der Waals surface area (Å²) >= 11 is 1.10. The van der Waals surface area contributed by atoms with Crippen LogP contribution in [0.1, 0.15) is 10.4 Å². The third kappa shape index (κ3) is 5.37. The fourth-order valence-electron chi connectivity index (χ4n) is 4.32. The lowest BCUT2D eigenvalue weighted by Crippen LogP contribution is -2.32. The Morgan fingerprint density at radius 3 is 2.26 bits per heavy atom. The second kappa shape index (κ2) is 11.3. The van der Waals surface area contributed by atoms with Crippen molar-refractivity contribution in [3.63, 3.8) is 0 Å². The van der Waals surface area contributed by atoms with Crippen LogP contribution >= 0.6 is 11.8 Å². The molecule has 42 heavy (non-hydrogen) atoms. The SMILES string of the molecule is COc1ccc(NC2=C(Sc3ccc(NC(=O)c4ccc5c(c4)OCO5)cc3)C(=O)N(c3ccc(F)cc3)C2=O)cc1. The lowest BCUT2D eigenvalue weighted by Gasteiger charge is -2.15. The number of amides is 3. The van der Waals surface area contributed by atoms with E-state index in [0.29, 0.717) is 39.1 Å². The van der Waals surface area contributed by atoms with Crippen molar-refractivity contribution in [2.45, 2.75) is 4.90 Å². The monoisotopic (exact) mass is 583 g/mol. The van der Waals surface area contributed by atoms with Gasteiger partial charge in [0.1, 0.15) is 22.2 Å². The zero-order chi connectivity index (χ0) is 29.2. The van der Waals surface area contributed by atoms with Gasteiger partial charge in [0, 0.05) is 21.8 Å². The Bertz CT molecular complexity index is 1720. The minimum absolute atomic E-state index is 0.0830. The molecule has 0 radical (unpaired) electrons. The molecule has 0 atom stereocenters. The van der Waals surface area contributed by atoms with Crippen LogP contribution in [0.15, 0.2) is 106 Å². The van der Waals surface area contributed by atoms with Gasteiger partial charge in [-0.05, 0) is 91.0 Å². The first-order valence-electron chi connectivity index (χ1n) is 12.7. The number of hydrogen-bond acceptors (Lipinski definition) is 8. The average molecular weight is 584 g/mol. The Labute approximate surface area is 243 Å². The molecule has 3 amide bonds. The van der Waals surface area contributed by atoms with Crippen LogP contribution in [0.5, 0.6) is 17.2 Å². The summed E-state index contributed by atoms with van der Waals surface area (Å²) in [6.07, 6.45) is 0. The topological polar surface area (TPSA) is 106 Å². The number of thioether (sulfide) groups is 1. The molecule has 0 saturated heterocycles. The van der Waals surface area contributed by atoms with Crippen LogP contribution < -0.4 is 29.7 Å². The smallest absolute Gasteiger partial charge is 0.283 e. The van der Waals surface area contributed by atoms with E-state index in [1.54, 1.807) is 73.8 Å². The van der Waals surface area contributed by atoms with Gasteiger partial charge in [-0.1, -0.05) is 11.8 Å². The highest BCUT2D eigenvalue weighted by molar-refractivity contribution is 8.04. The van der Waals surface area contributed by atoms with E-state index in [2.05, 4.69) is 10.6 Å². The van der Waals surface area contributed by atoms with Crippen LogP contribution in [0.2, 0.25) is 0 Å². The largest absolute Gasteiger partial charge is 0.497 e. The van der Waals surface area contributed by atoms with Crippen LogP contribution in [0.3, 0.4) is 0 Å². The average Bonchev–Trinajstić information content (AvgIpc) is 3.57. The van der Waals surface area contributed by atoms with Gasteiger partial charge in [0.25, 0.3) is 17.7 Å². The maximum absolute atomic E-state index is 13.6. The van der Waals surface area contributed by atoms with Crippen molar-refractivity contribution in [2.75, 3.05) is 29.4 Å². The molecular formula is C31H22FN3O6S. The van der Waals surface area contributed by atoms with Gasteiger partial charge < -0.3 is 24.8 Å². The van der Waals surface area contributed by atoms with Gasteiger partial charge in [-0.25, -0.2) is 9.29 Å². The molecule has 2 aliphatic rings. The van der Waals surface area contributed by atoms with Crippen LogP contribution in [0.4, 0.5) is 21.5 Å². The first-order chi connectivity index (χ1) is 20.4. The van der Waals surface area contributed by atoms with E-state index < -0.39 is 17.6 Å². The summed E-state index contributed by atoms with van der Waals surface area (Å²) in [5, 5.41) is 5.90. The molecule has 2 aliphatic heterocycles. The van der Waals surface area contributed by atoms with E-state index in [9.17, 15) is 18.8 Å². The van der Waals surface area contributed by atoms with Gasteiger partial charge in [-0.3, -0.25) is 14.4 Å². The van der Waals surface area contributed by atoms with E-state index in [4.69, 9.17) is 14.2 Å². The number of anilines is 3. The van der Waals surface area contributed by atoms with Crippen LogP contribution in [-0.2, 0) is 9.59 Å². The summed E-state index contributed by atoms with van der Waals surface area (Å²) in [7, 11) is 1.55. The van der Waals surface area contributed by atoms with Gasteiger partial charge >= 0.3 is 0 Å². The van der Waals surface area contributed by atoms with Crippen LogP contribution in [-0.4, -0.2) is 31.6 Å². The highest BCUT2D eigenvalue weighted by Crippen LogP contribution is 2.38. The van der Waals surface area contributed by atoms with Gasteiger partial charge in [-0.15, -0.1) is 0 Å². The zero-order valence-electron chi connectivity index (χ0n) is 22.1. The van der Waals surface area contributed by atoms with Crippen molar-refractivity contribution in [1.82, 2.24) is 0 Å². The maximum Gasteiger partial charge on any atom is 0.283 e. The van der Waals surface area contributed by atoms with E-state index in [-0.39, 0.29) is 29.0 Å². The molecule has 4 aromatic rings. The molecule has 0 bridgehead atoms. The third-order valence-corrected chi connectivity index (χ3v) is 7.54. The summed E-state index contributed by atoms with van der Waals surface area (Å²) in [6, 6.07) is 23.8. The van der Waals surface area contributed by atoms with Crippen molar-refractivity contribution >= 4 is 46.5 Å². The van der Waals surface area contributed by atoms with Crippen molar-refractivity contribution in [2.24, 2.45) is 0 Å². The highest BCUT2D eigenvalue weighted by Gasteiger charge is 2.40. The summed E-state index contributed by atoms with van der Waals surface area (Å²) in [5.74, 6) is -0.202. The van der Waals surface area contributed by atoms with Crippen molar-refractivity contribution in [3.05, 3.63) is 113 Å². The Hall–Kier alpha value is -5.29. The third-order valence-electron chi connectivity index (χ3n) is 6.45. The number of nitrogens with one attached hydrogen (secondary N) is 2. The first-order valence-corrected chi connectivity index (χ1v) is 13.5. The quantitative estimate of drug-likeness (QED) is 0.251. The second-order valence-corrected chi connectivity index (χ2v) is 10.2. The van der Waals surface area contributed by atoms with E-state index in [1.165, 1.54) is 24.3 Å². The van der Waals surface area contributed by atoms with Gasteiger partial charge in [0.05, 0.1) is 12.8 Å². The first kappa shape index (κ1) is 26.9. The molecule has 9 nitrogen and oxygen atoms in total. The Morgan fingerprint density at radius 1 is 0.857 bits per heavy atom. The molecule has 11 heteroatoms. The Morgan fingerprint density at radius 2 is 1.55 bits per heavy atom. The number of carbonyl (C=O) groups excluding carboxylic acids is 3. The summed E-state index contributed by atoms with van der Waals surface area (Å²) < 4.78 is 29.4. The van der Waals surface area contributed by atoms with Gasteiger partial charge in [0.15, 0.2) is 11.5 Å². The number of carbonyl (C=O) groups is 3. The number of methoxy groups -OCH3 is 1. The molecule has 0 aliphatic carbocycles. The lowest BCUT2D eigenvalue weighted by atomic mass is 10.2. The standard InChI is InChI=1S/C31H22FN3O6S/c1-39-23-11-5-20(6-12-23)33-27-28(31(38)35(30(27)37)22-9-3-19(32)4-10-22)42-24-13-7-21(8-14-24)34-29(36)18-2-15-25-26(16-18)41-17-40-25/h2-16,33H,17H2,1H3,(H,34,36). The number of rotatable bonds is 8. The van der Waals surface area contributed by atoms with Gasteiger partial charge in [0.2, 0.25) is 6.79 Å². The van der Waals surface area contributed by atoms with Crippen LogP contribution in [0.25, 0.3) is 0 Å². The maximum atomic E-state index is 13.6. The number of halogens is 1. The minimum Gasteiger partial charge on any atom is -0.497 e. The molecule has 4 aromatic carbocycles. The summed E-state index contributed by atoms with van der Waals surface area (Å²) in [6.45, 7) is 0.114. The molecule has 210 valence electrons. The molecule has 0 fully saturated rings. The predicted octanol–water partition coefficient (Wildman–Crippen LogP) is 5.80. The minimum atomic E-state index is -0.572. The van der Waals surface area contributed by atoms with E-state index in [1.807, 2.05) is 0 Å². The fourth-order valence-corrected chi connectivity index (χ4v) is 5.25. The normalized spacial score (nSPS) is 13.9. The van der Waals surface area contributed by atoms with E-state index >= 15 is 0 Å². The van der Waals surface area contributed by atoms with Gasteiger partial charge in [-0.2, -0.15) is 0 Å². The van der Waals surface area contributed by atoms with Crippen molar-refractivity contribution < 1.29 is 33.0 Å². The number of ether oxygens (including phenoxy) is 3. The molecule has 0 unspecified atom stereocenters. The molecule has 0 saturated carbocycles. The Kier molecular flexibility index (Phi) is 7.24. The molecule has 0 aromatic heterocycles. The molecular weight excluding hydrogens is 561 g/mol. The second-order valence-electron chi connectivity index (χ2n) is 9.13. The Balaban J connectivity index is 1.23. The molecule has 0 spiro atoms. The highest BCUT2D eigenvalue weighted by atomic mass is 32.2. The number of fused-ring (bicyclic) bond motifs is 1. The molecule has 2 heterocycles. The van der Waals surface area contributed by atoms with Crippen LogP contribution in [0, 0.1) is 5.82 Å². The van der Waals surface area contributed by atoms with Crippen molar-refractivity contribution in [1.29, 1.82) is 0 Å². The number of benzene rings is 4. The van der Waals surface area contributed by atoms with Crippen molar-refractivity contribution in [3.8, 4) is 17.2 Å². The van der Waals surface area contributed by atoms with E-state index in [0.717, 1.165) is 16.7 Å². The zero-order valence-corrected chi connectivity index (χ0v) is 22.9. The number of nitrogens with zero attached hydrogens (tertiary/aromatic N) is 1. The predicted molar refractivity (Wildman–Crippen MR) is 155 cm³/mol. The lowest BCUT2D eigenvalue weighted by molar-refractivity contribution is -0.120. The summed E-state index contributed by atoms with van der Waals surface area (Å²) in [5.41, 5.74) is 1.85. The number of imide groups is 1. The fraction of sp³-hybridized carbons (Fsp3) is 0.0645. The number of hydrogen-bond donors (Lipinski definition) is 2. The molecule has 6 rings (SSSR count). The molecule has 2 N–H and O–H groups in total.